The summed E-state index contributed by atoms with van der Waals surface area (Å²) in [5.74, 6) is -2.67. The lowest BCUT2D eigenvalue weighted by Crippen LogP contribution is -2.54. The number of para-hydroxylation sites is 1. The Morgan fingerprint density at radius 1 is 1.06 bits per heavy atom. The second kappa shape index (κ2) is 5.98. The molecule has 0 unspecified atom stereocenters. The highest BCUT2D eigenvalue weighted by Gasteiger charge is 2.74. The van der Waals surface area contributed by atoms with Crippen molar-refractivity contribution in [2.75, 3.05) is 16.8 Å². The fourth-order valence-electron chi connectivity index (χ4n) is 6.16. The zero-order valence-corrected chi connectivity index (χ0v) is 16.4. The Morgan fingerprint density at radius 3 is 2.68 bits per heavy atom. The maximum absolute atomic E-state index is 13.8. The molecule has 2 aromatic rings. The summed E-state index contributed by atoms with van der Waals surface area (Å²) < 4.78 is 0. The number of hydrogen-bond acceptors (Lipinski definition) is 6. The third-order valence-electron chi connectivity index (χ3n) is 7.20. The third kappa shape index (κ3) is 2.06. The van der Waals surface area contributed by atoms with Crippen molar-refractivity contribution < 1.29 is 19.3 Å². The highest BCUT2D eigenvalue weighted by atomic mass is 16.6. The Balaban J connectivity index is 1.53. The smallest absolute Gasteiger partial charge is 0.271 e. The lowest BCUT2D eigenvalue weighted by molar-refractivity contribution is -0.384. The molecular weight excluding hydrogens is 400 g/mol. The van der Waals surface area contributed by atoms with Gasteiger partial charge in [0, 0.05) is 29.4 Å². The van der Waals surface area contributed by atoms with E-state index in [1.165, 1.54) is 24.3 Å². The van der Waals surface area contributed by atoms with Crippen LogP contribution < -0.4 is 10.2 Å². The van der Waals surface area contributed by atoms with Gasteiger partial charge in [-0.3, -0.25) is 29.4 Å². The van der Waals surface area contributed by atoms with Crippen molar-refractivity contribution in [2.24, 2.45) is 11.8 Å². The molecule has 156 valence electrons. The Bertz CT molecular complexity index is 1200. The summed E-state index contributed by atoms with van der Waals surface area (Å²) >= 11 is 0. The summed E-state index contributed by atoms with van der Waals surface area (Å²) in [6.45, 7) is 0.636. The number of nitrogens with one attached hydrogen (secondary N) is 1. The summed E-state index contributed by atoms with van der Waals surface area (Å²) in [7, 11) is 0. The molecule has 1 spiro atoms. The van der Waals surface area contributed by atoms with Crippen LogP contribution in [0, 0.1) is 22.0 Å². The van der Waals surface area contributed by atoms with Crippen molar-refractivity contribution in [3.8, 4) is 0 Å². The van der Waals surface area contributed by atoms with Gasteiger partial charge in [-0.25, -0.2) is 4.90 Å². The zero-order valence-electron chi connectivity index (χ0n) is 16.4. The van der Waals surface area contributed by atoms with Crippen molar-refractivity contribution in [3.63, 3.8) is 0 Å². The molecule has 31 heavy (non-hydrogen) atoms. The van der Waals surface area contributed by atoms with Crippen LogP contribution in [0.2, 0.25) is 0 Å². The number of nitro groups is 1. The normalized spacial score (nSPS) is 31.2. The Morgan fingerprint density at radius 2 is 1.87 bits per heavy atom. The zero-order chi connectivity index (χ0) is 21.5. The monoisotopic (exact) mass is 418 g/mol. The molecule has 3 fully saturated rings. The van der Waals surface area contributed by atoms with E-state index in [4.69, 9.17) is 0 Å². The van der Waals surface area contributed by atoms with E-state index in [1.54, 1.807) is 6.07 Å². The van der Waals surface area contributed by atoms with E-state index in [9.17, 15) is 24.5 Å². The molecule has 0 bridgehead atoms. The van der Waals surface area contributed by atoms with E-state index in [0.717, 1.165) is 23.3 Å². The van der Waals surface area contributed by atoms with Crippen molar-refractivity contribution in [3.05, 3.63) is 64.2 Å². The van der Waals surface area contributed by atoms with Crippen molar-refractivity contribution in [1.29, 1.82) is 0 Å². The highest BCUT2D eigenvalue weighted by molar-refractivity contribution is 6.25. The van der Waals surface area contributed by atoms with Gasteiger partial charge in [-0.05, 0) is 31.5 Å². The molecule has 3 saturated heterocycles. The number of hydrogen-bond donors (Lipinski definition) is 1. The van der Waals surface area contributed by atoms with Crippen LogP contribution in [0.4, 0.5) is 17.1 Å². The van der Waals surface area contributed by atoms with Crippen LogP contribution in [0.1, 0.15) is 18.4 Å². The molecule has 9 nitrogen and oxygen atoms in total. The molecule has 9 heteroatoms. The molecule has 4 heterocycles. The van der Waals surface area contributed by atoms with Gasteiger partial charge in [0.1, 0.15) is 5.54 Å². The van der Waals surface area contributed by atoms with Gasteiger partial charge in [0.15, 0.2) is 0 Å². The average Bonchev–Trinajstić information content (AvgIpc) is 3.46. The lowest BCUT2D eigenvalue weighted by atomic mass is 9.75. The van der Waals surface area contributed by atoms with Gasteiger partial charge in [-0.15, -0.1) is 0 Å². The lowest BCUT2D eigenvalue weighted by Gasteiger charge is -2.36. The quantitative estimate of drug-likeness (QED) is 0.454. The number of anilines is 2. The molecule has 0 radical (unpaired) electrons. The van der Waals surface area contributed by atoms with E-state index in [0.29, 0.717) is 12.2 Å². The van der Waals surface area contributed by atoms with E-state index in [2.05, 4.69) is 5.32 Å². The molecule has 0 aromatic heterocycles. The number of carbonyl (C=O) groups excluding carboxylic acids is 3. The van der Waals surface area contributed by atoms with Crippen LogP contribution in [0.25, 0.3) is 0 Å². The van der Waals surface area contributed by atoms with Crippen LogP contribution in [-0.2, 0) is 19.9 Å². The van der Waals surface area contributed by atoms with Gasteiger partial charge in [-0.1, -0.05) is 24.3 Å². The molecule has 3 amide bonds. The van der Waals surface area contributed by atoms with E-state index < -0.39 is 28.2 Å². The molecule has 0 saturated carbocycles. The van der Waals surface area contributed by atoms with Crippen molar-refractivity contribution >= 4 is 34.8 Å². The first-order chi connectivity index (χ1) is 15.0. The second-order valence-electron chi connectivity index (χ2n) is 8.46. The van der Waals surface area contributed by atoms with Gasteiger partial charge in [0.25, 0.3) is 5.69 Å². The minimum Gasteiger partial charge on any atom is -0.324 e. The van der Waals surface area contributed by atoms with Crippen molar-refractivity contribution in [2.45, 2.75) is 24.4 Å². The maximum atomic E-state index is 13.8. The molecule has 6 rings (SSSR count). The standard InChI is InChI=1S/C22H18N4O5/c27-19-17-16-9-4-10-24(16)22(14-7-1-2-8-15(14)23-21(22)29)18(17)20(28)25(19)12-5-3-6-13(11-12)26(30)31/h1-3,5-8,11,16-18H,4,9-10H2,(H,23,29)/t16-,17-,18-,22-/m1/s1. The summed E-state index contributed by atoms with van der Waals surface area (Å²) in [6, 6.07) is 12.6. The second-order valence-corrected chi connectivity index (χ2v) is 8.46. The number of nitrogens with zero attached hydrogens (tertiary/aromatic N) is 3. The van der Waals surface area contributed by atoms with Crippen LogP contribution in [0.3, 0.4) is 0 Å². The number of carbonyl (C=O) groups is 3. The number of benzene rings is 2. The number of fused-ring (bicyclic) bond motifs is 7. The first-order valence-corrected chi connectivity index (χ1v) is 10.3. The Labute approximate surface area is 176 Å². The van der Waals surface area contributed by atoms with Gasteiger partial charge in [-0.2, -0.15) is 0 Å². The summed E-state index contributed by atoms with van der Waals surface area (Å²) in [4.78, 5) is 54.5. The molecular formula is C22H18N4O5. The van der Waals surface area contributed by atoms with Crippen LogP contribution in [-0.4, -0.2) is 40.1 Å². The predicted octanol–water partition coefficient (Wildman–Crippen LogP) is 2.03. The predicted molar refractivity (Wildman–Crippen MR) is 109 cm³/mol. The van der Waals surface area contributed by atoms with E-state index in [-0.39, 0.29) is 29.2 Å². The van der Waals surface area contributed by atoms with Gasteiger partial charge in [0.05, 0.1) is 22.4 Å². The van der Waals surface area contributed by atoms with Gasteiger partial charge >= 0.3 is 0 Å². The fourth-order valence-corrected chi connectivity index (χ4v) is 6.16. The molecule has 4 aliphatic rings. The minimum absolute atomic E-state index is 0.171. The maximum Gasteiger partial charge on any atom is 0.271 e. The largest absolute Gasteiger partial charge is 0.324 e. The summed E-state index contributed by atoms with van der Waals surface area (Å²) in [5.41, 5.74) is 0.126. The van der Waals surface area contributed by atoms with Crippen LogP contribution in [0.5, 0.6) is 0 Å². The van der Waals surface area contributed by atoms with E-state index in [1.807, 2.05) is 23.1 Å². The number of imide groups is 1. The molecule has 4 atom stereocenters. The highest BCUT2D eigenvalue weighted by Crippen LogP contribution is 2.60. The molecule has 2 aromatic carbocycles. The summed E-state index contributed by atoms with van der Waals surface area (Å²) in [6.07, 6.45) is 1.56. The molecule has 0 aliphatic carbocycles. The number of amides is 3. The first-order valence-electron chi connectivity index (χ1n) is 10.3. The molecule has 1 N–H and O–H groups in total. The Kier molecular flexibility index (Phi) is 3.51. The van der Waals surface area contributed by atoms with Crippen LogP contribution >= 0.6 is 0 Å². The third-order valence-corrected chi connectivity index (χ3v) is 7.20. The summed E-state index contributed by atoms with van der Waals surface area (Å²) in [5, 5.41) is 14.1. The molecule has 4 aliphatic heterocycles. The number of nitro benzene ring substituents is 1. The van der Waals surface area contributed by atoms with Gasteiger partial charge in [0.2, 0.25) is 17.7 Å². The fraction of sp³-hybridized carbons (Fsp3) is 0.318. The van der Waals surface area contributed by atoms with Gasteiger partial charge < -0.3 is 5.32 Å². The first kappa shape index (κ1) is 18.2. The number of non-ortho nitro benzene ring substituents is 1. The minimum atomic E-state index is -1.23. The van der Waals surface area contributed by atoms with E-state index >= 15 is 0 Å². The van der Waals surface area contributed by atoms with Crippen LogP contribution in [0.15, 0.2) is 48.5 Å². The topological polar surface area (TPSA) is 113 Å². The average molecular weight is 418 g/mol. The SMILES string of the molecule is O=C1[C@@H]2[C@H]3CCCN3[C@@]3(C(=O)Nc4ccccc43)[C@H]2C(=O)N1c1cccc([N+](=O)[O-])c1. The Hall–Kier alpha value is -3.59. The number of rotatable bonds is 2. The van der Waals surface area contributed by atoms with Crippen molar-refractivity contribution in [1.82, 2.24) is 4.90 Å².